The fraction of sp³-hybridized carbons (Fsp3) is 0.590. The lowest BCUT2D eigenvalue weighted by molar-refractivity contribution is -0.145. The monoisotopic (exact) mass is 823 g/mol. The second kappa shape index (κ2) is 21.7. The number of carboxylic acids is 1. The van der Waals surface area contributed by atoms with Crippen molar-refractivity contribution in [2.75, 3.05) is 26.2 Å². The number of carbonyl (C=O) groups excluding carboxylic acids is 5. The van der Waals surface area contributed by atoms with Gasteiger partial charge in [-0.25, -0.2) is 4.79 Å². The molecule has 15 N–H and O–H groups in total. The zero-order chi connectivity index (χ0) is 43.2. The van der Waals surface area contributed by atoms with Crippen molar-refractivity contribution in [2.45, 2.75) is 114 Å². The smallest absolute Gasteiger partial charge is 0.326 e. The predicted molar refractivity (Wildman–Crippen MR) is 222 cm³/mol. The Morgan fingerprint density at radius 3 is 1.93 bits per heavy atom. The number of amides is 5. The molecule has 2 aliphatic rings. The molecule has 20 heteroatoms. The Kier molecular flexibility index (Phi) is 16.9. The molecule has 0 spiro atoms. The summed E-state index contributed by atoms with van der Waals surface area (Å²) in [5, 5.41) is 19.2. The van der Waals surface area contributed by atoms with Crippen LogP contribution in [0.3, 0.4) is 0 Å². The molecule has 59 heavy (non-hydrogen) atoms. The number of aromatic amines is 1. The molecule has 0 saturated carbocycles. The number of aliphatic imine (C=N–C) groups is 2. The van der Waals surface area contributed by atoms with E-state index in [9.17, 15) is 33.9 Å². The second-order valence-electron chi connectivity index (χ2n) is 15.6. The molecular formula is C39H61N13O7. The number of nitrogens with zero attached hydrogens (tertiary/aromatic N) is 4. The number of fused-ring (bicyclic) bond motifs is 1. The van der Waals surface area contributed by atoms with Gasteiger partial charge in [-0.15, -0.1) is 0 Å². The van der Waals surface area contributed by atoms with Crippen LogP contribution in [0.5, 0.6) is 0 Å². The minimum atomic E-state index is -1.27. The number of aliphatic carboxylic acids is 1. The zero-order valence-electron chi connectivity index (χ0n) is 33.9. The summed E-state index contributed by atoms with van der Waals surface area (Å²) in [4.78, 5) is 95.3. The summed E-state index contributed by atoms with van der Waals surface area (Å²) >= 11 is 0. The molecule has 1 aromatic heterocycles. The van der Waals surface area contributed by atoms with Crippen LogP contribution in [0.25, 0.3) is 10.9 Å². The number of para-hydroxylation sites is 1. The highest BCUT2D eigenvalue weighted by atomic mass is 16.4. The van der Waals surface area contributed by atoms with Crippen LogP contribution >= 0.6 is 0 Å². The minimum Gasteiger partial charge on any atom is -0.480 e. The van der Waals surface area contributed by atoms with E-state index >= 15 is 0 Å². The van der Waals surface area contributed by atoms with E-state index in [4.69, 9.17) is 28.7 Å². The Morgan fingerprint density at radius 1 is 0.797 bits per heavy atom. The molecule has 324 valence electrons. The van der Waals surface area contributed by atoms with Crippen LogP contribution in [0.2, 0.25) is 0 Å². The molecule has 2 fully saturated rings. The van der Waals surface area contributed by atoms with Crippen molar-refractivity contribution >= 4 is 58.3 Å². The van der Waals surface area contributed by atoms with Crippen LogP contribution in [0.1, 0.15) is 77.2 Å². The van der Waals surface area contributed by atoms with Gasteiger partial charge in [0.1, 0.15) is 30.2 Å². The summed E-state index contributed by atoms with van der Waals surface area (Å²) in [6.07, 6.45) is 4.81. The maximum Gasteiger partial charge on any atom is 0.326 e. The Balaban J connectivity index is 1.47. The van der Waals surface area contributed by atoms with Gasteiger partial charge < -0.3 is 64.5 Å². The van der Waals surface area contributed by atoms with Gasteiger partial charge in [-0.2, -0.15) is 0 Å². The number of carbonyl (C=O) groups is 6. The third-order valence-electron chi connectivity index (χ3n) is 10.6. The van der Waals surface area contributed by atoms with E-state index in [1.807, 2.05) is 38.1 Å². The molecule has 3 heterocycles. The minimum absolute atomic E-state index is 0.0124. The van der Waals surface area contributed by atoms with Gasteiger partial charge in [-0.3, -0.25) is 34.0 Å². The number of nitrogens with two attached hydrogens (primary N) is 5. The molecule has 1 aromatic carbocycles. The van der Waals surface area contributed by atoms with Crippen molar-refractivity contribution in [3.8, 4) is 0 Å². The van der Waals surface area contributed by atoms with Gasteiger partial charge in [-0.05, 0) is 75.3 Å². The topological polar surface area (TPSA) is 336 Å². The van der Waals surface area contributed by atoms with Crippen molar-refractivity contribution in [2.24, 2.45) is 44.6 Å². The third-order valence-corrected chi connectivity index (χ3v) is 10.6. The highest BCUT2D eigenvalue weighted by molar-refractivity contribution is 5.97. The van der Waals surface area contributed by atoms with Crippen LogP contribution in [-0.2, 0) is 35.2 Å². The summed E-state index contributed by atoms with van der Waals surface area (Å²) in [7, 11) is 0. The summed E-state index contributed by atoms with van der Waals surface area (Å²) in [5.41, 5.74) is 29.5. The molecule has 0 radical (unpaired) electrons. The van der Waals surface area contributed by atoms with Crippen LogP contribution in [0, 0.1) is 5.92 Å². The quantitative estimate of drug-likeness (QED) is 0.0400. The first kappa shape index (κ1) is 45.8. The average Bonchev–Trinajstić information content (AvgIpc) is 3.97. The lowest BCUT2D eigenvalue weighted by Gasteiger charge is -2.31. The van der Waals surface area contributed by atoms with Crippen LogP contribution in [0.15, 0.2) is 40.4 Å². The number of carboxylic acid groups (broad SMARTS) is 1. The number of hydrogen-bond acceptors (Lipinski definition) is 9. The number of aromatic nitrogens is 1. The lowest BCUT2D eigenvalue weighted by atomic mass is 10.0. The standard InChI is InChI=1S/C39H61N13O7/c1-22(2)19-28(49-33(54)30-13-7-17-51(30)35(56)25(40)10-5-15-45-38(41)42)32(53)48-27(12-6-16-46-39(43)44)36(57)52-18-8-14-31(52)34(55)50-29(37(58)59)20-23-21-47-26-11-4-3-9-24(23)26/h3-4,9,11,21-22,25,27-31,47H,5-8,10,12-20,40H2,1-2H3,(H,48,53)(H,49,54)(H,50,55)(H,58,59)(H4,41,42,45)(H4,43,44,46)/t25-,27-,28-,29-,30-,31-/m0/s1. The average molecular weight is 824 g/mol. The van der Waals surface area contributed by atoms with Crippen molar-refractivity contribution in [3.63, 3.8) is 0 Å². The highest BCUT2D eigenvalue weighted by Crippen LogP contribution is 2.23. The first-order valence-corrected chi connectivity index (χ1v) is 20.2. The van der Waals surface area contributed by atoms with Crippen molar-refractivity contribution < 1.29 is 33.9 Å². The van der Waals surface area contributed by atoms with Crippen molar-refractivity contribution in [3.05, 3.63) is 36.0 Å². The molecule has 0 unspecified atom stereocenters. The number of H-pyrrole nitrogens is 1. The summed E-state index contributed by atoms with van der Waals surface area (Å²) in [6.45, 7) is 4.76. The van der Waals surface area contributed by atoms with Crippen molar-refractivity contribution in [1.82, 2.24) is 30.7 Å². The van der Waals surface area contributed by atoms with E-state index in [1.54, 1.807) is 6.20 Å². The third kappa shape index (κ3) is 13.0. The number of guanidine groups is 2. The summed E-state index contributed by atoms with van der Waals surface area (Å²) in [5.74, 6) is -4.17. The number of nitrogens with one attached hydrogen (secondary N) is 4. The molecule has 2 aliphatic heterocycles. The maximum absolute atomic E-state index is 14.3. The van der Waals surface area contributed by atoms with Gasteiger partial charge in [0.25, 0.3) is 0 Å². The Labute approximate surface area is 343 Å². The van der Waals surface area contributed by atoms with E-state index < -0.39 is 65.8 Å². The van der Waals surface area contributed by atoms with E-state index in [1.165, 1.54) is 9.80 Å². The van der Waals surface area contributed by atoms with Crippen LogP contribution < -0.4 is 44.6 Å². The molecule has 4 rings (SSSR count). The van der Waals surface area contributed by atoms with Crippen LogP contribution in [-0.4, -0.2) is 130 Å². The van der Waals surface area contributed by atoms with Gasteiger partial charge in [-0.1, -0.05) is 32.0 Å². The molecule has 20 nitrogen and oxygen atoms in total. The Bertz CT molecular complexity index is 1860. The number of rotatable bonds is 21. The van der Waals surface area contributed by atoms with Crippen molar-refractivity contribution in [1.29, 1.82) is 0 Å². The molecule has 2 saturated heterocycles. The van der Waals surface area contributed by atoms with Crippen LogP contribution in [0.4, 0.5) is 0 Å². The van der Waals surface area contributed by atoms with Gasteiger partial charge in [0.05, 0.1) is 6.04 Å². The van der Waals surface area contributed by atoms with E-state index in [2.05, 4.69) is 30.9 Å². The lowest BCUT2D eigenvalue weighted by Crippen LogP contribution is -2.59. The predicted octanol–water partition coefficient (Wildman–Crippen LogP) is -1.29. The van der Waals surface area contributed by atoms with Gasteiger partial charge in [0.15, 0.2) is 11.9 Å². The van der Waals surface area contributed by atoms with E-state index in [0.717, 1.165) is 10.9 Å². The largest absolute Gasteiger partial charge is 0.480 e. The fourth-order valence-corrected chi connectivity index (χ4v) is 7.65. The van der Waals surface area contributed by atoms with Gasteiger partial charge in [0, 0.05) is 49.7 Å². The van der Waals surface area contributed by atoms with Gasteiger partial charge >= 0.3 is 5.97 Å². The Hall–Kier alpha value is -5.92. The number of hydrogen-bond donors (Lipinski definition) is 10. The fourth-order valence-electron chi connectivity index (χ4n) is 7.65. The number of likely N-dealkylation sites (tertiary alicyclic amines) is 2. The van der Waals surface area contributed by atoms with E-state index in [0.29, 0.717) is 50.8 Å². The summed E-state index contributed by atoms with van der Waals surface area (Å²) in [6, 6.07) is 1.24. The maximum atomic E-state index is 14.3. The first-order chi connectivity index (χ1) is 28.1. The molecule has 6 atom stereocenters. The highest BCUT2D eigenvalue weighted by Gasteiger charge is 2.41. The second-order valence-corrected chi connectivity index (χ2v) is 15.6. The van der Waals surface area contributed by atoms with E-state index in [-0.39, 0.29) is 68.9 Å². The summed E-state index contributed by atoms with van der Waals surface area (Å²) < 4.78 is 0. The molecule has 0 aliphatic carbocycles. The zero-order valence-corrected chi connectivity index (χ0v) is 33.9. The molecule has 5 amide bonds. The Morgan fingerprint density at radius 2 is 1.36 bits per heavy atom. The first-order valence-electron chi connectivity index (χ1n) is 20.2. The molecular weight excluding hydrogens is 763 g/mol. The SMILES string of the molecule is CC(C)C[C@H](NC(=O)[C@@H]1CCCN1C(=O)[C@@H](N)CCCN=C(N)N)C(=O)N[C@@H](CCCN=C(N)N)C(=O)N1CCC[C@H]1C(=O)N[C@@H](Cc1c[nH]c2ccccc12)C(=O)O. The van der Waals surface area contributed by atoms with Gasteiger partial charge in [0.2, 0.25) is 29.5 Å². The molecule has 0 bridgehead atoms. The molecule has 2 aromatic rings. The normalized spacial score (nSPS) is 18.4. The number of benzene rings is 1.